The number of nitrogens with zero attached hydrogens (tertiary/aromatic N) is 2. The van der Waals surface area contributed by atoms with Crippen LogP contribution < -0.4 is 15.4 Å². The van der Waals surface area contributed by atoms with Gasteiger partial charge in [0.1, 0.15) is 11.6 Å². The van der Waals surface area contributed by atoms with E-state index in [1.807, 2.05) is 0 Å². The van der Waals surface area contributed by atoms with Crippen molar-refractivity contribution in [1.82, 2.24) is 9.78 Å². The highest BCUT2D eigenvalue weighted by atomic mass is 35.5. The van der Waals surface area contributed by atoms with Crippen LogP contribution in [0, 0.1) is 12.7 Å². The van der Waals surface area contributed by atoms with Crippen LogP contribution in [0.3, 0.4) is 0 Å². The van der Waals surface area contributed by atoms with Gasteiger partial charge in [-0.25, -0.2) is 4.39 Å². The number of hydrogen-bond donors (Lipinski definition) is 2. The van der Waals surface area contributed by atoms with Gasteiger partial charge in [-0.3, -0.25) is 4.68 Å². The normalized spacial score (nSPS) is 10.8. The summed E-state index contributed by atoms with van der Waals surface area (Å²) >= 11 is 11.2. The van der Waals surface area contributed by atoms with Gasteiger partial charge in [0.05, 0.1) is 12.2 Å². The first kappa shape index (κ1) is 20.9. The Morgan fingerprint density at radius 1 is 1.24 bits per heavy atom. The SMILES string of the molecule is Cc1ccc(NC(=S)Nc2ccn(Cc3c(F)cccc3Cl)n2)c(OC(F)F)c1. The van der Waals surface area contributed by atoms with Crippen LogP contribution in [0.5, 0.6) is 5.75 Å². The van der Waals surface area contributed by atoms with E-state index < -0.39 is 12.4 Å². The molecule has 1 aromatic heterocycles. The molecule has 3 rings (SSSR count). The lowest BCUT2D eigenvalue weighted by molar-refractivity contribution is -0.0493. The van der Waals surface area contributed by atoms with Gasteiger partial charge in [-0.15, -0.1) is 0 Å². The number of benzene rings is 2. The number of rotatable bonds is 6. The van der Waals surface area contributed by atoms with E-state index in [2.05, 4.69) is 20.5 Å². The molecule has 0 aliphatic heterocycles. The number of anilines is 2. The summed E-state index contributed by atoms with van der Waals surface area (Å²) in [5.41, 5.74) is 1.36. The van der Waals surface area contributed by atoms with Crippen molar-refractivity contribution in [2.45, 2.75) is 20.1 Å². The summed E-state index contributed by atoms with van der Waals surface area (Å²) < 4.78 is 45.1. The molecule has 2 aromatic carbocycles. The van der Waals surface area contributed by atoms with Gasteiger partial charge in [-0.2, -0.15) is 13.9 Å². The van der Waals surface area contributed by atoms with Crippen molar-refractivity contribution in [2.75, 3.05) is 10.6 Å². The Hall–Kier alpha value is -2.78. The molecular weight excluding hydrogens is 425 g/mol. The fourth-order valence-corrected chi connectivity index (χ4v) is 3.00. The van der Waals surface area contributed by atoms with Crippen LogP contribution in [-0.2, 0) is 6.54 Å². The molecule has 0 saturated heterocycles. The predicted molar refractivity (Wildman–Crippen MR) is 110 cm³/mol. The molecule has 0 amide bonds. The molecule has 3 aromatic rings. The number of thiocarbonyl (C=S) groups is 1. The maximum Gasteiger partial charge on any atom is 0.387 e. The zero-order chi connectivity index (χ0) is 21.0. The third-order valence-corrected chi connectivity index (χ3v) is 4.42. The van der Waals surface area contributed by atoms with Crippen molar-refractivity contribution in [3.8, 4) is 5.75 Å². The first-order valence-electron chi connectivity index (χ1n) is 8.41. The van der Waals surface area contributed by atoms with Gasteiger partial charge < -0.3 is 15.4 Å². The molecule has 152 valence electrons. The van der Waals surface area contributed by atoms with Crippen molar-refractivity contribution in [2.24, 2.45) is 0 Å². The highest BCUT2D eigenvalue weighted by Gasteiger charge is 2.12. The van der Waals surface area contributed by atoms with Crippen LogP contribution >= 0.6 is 23.8 Å². The van der Waals surface area contributed by atoms with Gasteiger partial charge >= 0.3 is 6.61 Å². The van der Waals surface area contributed by atoms with E-state index in [0.29, 0.717) is 16.4 Å². The van der Waals surface area contributed by atoms with Gasteiger partial charge in [0.2, 0.25) is 0 Å². The number of ether oxygens (including phenoxy) is 1. The topological polar surface area (TPSA) is 51.1 Å². The minimum atomic E-state index is -2.96. The Morgan fingerprint density at radius 3 is 2.76 bits per heavy atom. The molecule has 1 heterocycles. The summed E-state index contributed by atoms with van der Waals surface area (Å²) in [5, 5.41) is 10.3. The predicted octanol–water partition coefficient (Wildman–Crippen LogP) is 5.44. The molecule has 10 heteroatoms. The monoisotopic (exact) mass is 440 g/mol. The number of nitrogens with one attached hydrogen (secondary N) is 2. The molecule has 0 atom stereocenters. The van der Waals surface area contributed by atoms with Crippen LogP contribution in [0.2, 0.25) is 5.02 Å². The molecule has 0 fully saturated rings. The highest BCUT2D eigenvalue weighted by molar-refractivity contribution is 7.80. The first-order valence-corrected chi connectivity index (χ1v) is 9.20. The summed E-state index contributed by atoms with van der Waals surface area (Å²) in [6.45, 7) is -1.06. The summed E-state index contributed by atoms with van der Waals surface area (Å²) in [6, 6.07) is 10.9. The molecule has 0 unspecified atom stereocenters. The van der Waals surface area contributed by atoms with Crippen LogP contribution in [0.15, 0.2) is 48.7 Å². The van der Waals surface area contributed by atoms with Crippen molar-refractivity contribution < 1.29 is 17.9 Å². The molecule has 0 spiro atoms. The van der Waals surface area contributed by atoms with Crippen molar-refractivity contribution in [3.63, 3.8) is 0 Å². The Labute approximate surface area is 175 Å². The molecule has 0 aliphatic rings. The Bertz CT molecular complexity index is 1010. The van der Waals surface area contributed by atoms with Crippen molar-refractivity contribution in [3.05, 3.63) is 70.6 Å². The minimum Gasteiger partial charge on any atom is -0.433 e. The highest BCUT2D eigenvalue weighted by Crippen LogP contribution is 2.27. The lowest BCUT2D eigenvalue weighted by Gasteiger charge is -2.14. The summed E-state index contributed by atoms with van der Waals surface area (Å²) in [6.07, 6.45) is 1.63. The quantitative estimate of drug-likeness (QED) is 0.500. The Morgan fingerprint density at radius 2 is 2.03 bits per heavy atom. The zero-order valence-corrected chi connectivity index (χ0v) is 16.7. The maximum absolute atomic E-state index is 13.9. The van der Waals surface area contributed by atoms with Gasteiger partial charge in [-0.1, -0.05) is 23.7 Å². The molecular formula is C19H16ClF3N4OS. The molecule has 0 aliphatic carbocycles. The number of hydrogen-bond acceptors (Lipinski definition) is 3. The van der Waals surface area contributed by atoms with Crippen LogP contribution in [0.4, 0.5) is 24.7 Å². The van der Waals surface area contributed by atoms with Crippen molar-refractivity contribution >= 4 is 40.4 Å². The fourth-order valence-electron chi connectivity index (χ4n) is 2.56. The average Bonchev–Trinajstić information content (AvgIpc) is 3.07. The van der Waals surface area contributed by atoms with Gasteiger partial charge in [0.15, 0.2) is 10.9 Å². The van der Waals surface area contributed by atoms with Gasteiger partial charge in [0, 0.05) is 22.8 Å². The summed E-state index contributed by atoms with van der Waals surface area (Å²) in [4.78, 5) is 0. The van der Waals surface area contributed by atoms with E-state index in [1.54, 1.807) is 37.4 Å². The van der Waals surface area contributed by atoms with E-state index in [-0.39, 0.29) is 23.1 Å². The zero-order valence-electron chi connectivity index (χ0n) is 15.1. The van der Waals surface area contributed by atoms with Crippen LogP contribution in [-0.4, -0.2) is 21.5 Å². The van der Waals surface area contributed by atoms with E-state index in [1.165, 1.54) is 22.9 Å². The standard InChI is InChI=1S/C19H16ClF3N4OS/c1-11-5-6-15(16(9-11)28-18(22)23)24-19(29)25-17-7-8-27(26-17)10-12-13(20)3-2-4-14(12)21/h2-9,18H,10H2,1H3,(H2,24,25,26,29). The smallest absolute Gasteiger partial charge is 0.387 e. The second-order valence-electron chi connectivity index (χ2n) is 6.06. The Kier molecular flexibility index (Phi) is 6.60. The Balaban J connectivity index is 1.67. The third kappa shape index (κ3) is 5.61. The number of aryl methyl sites for hydroxylation is 1. The molecule has 5 nitrogen and oxygen atoms in total. The van der Waals surface area contributed by atoms with Crippen molar-refractivity contribution in [1.29, 1.82) is 0 Å². The molecule has 0 radical (unpaired) electrons. The van der Waals surface area contributed by atoms with E-state index in [9.17, 15) is 13.2 Å². The summed E-state index contributed by atoms with van der Waals surface area (Å²) in [7, 11) is 0. The van der Waals surface area contributed by atoms with Gasteiger partial charge in [0.25, 0.3) is 0 Å². The van der Waals surface area contributed by atoms with Gasteiger partial charge in [-0.05, 0) is 49.0 Å². The van der Waals surface area contributed by atoms with Crippen LogP contribution in [0.1, 0.15) is 11.1 Å². The average molecular weight is 441 g/mol. The molecule has 0 bridgehead atoms. The maximum atomic E-state index is 13.9. The fraction of sp³-hybridized carbons (Fsp3) is 0.158. The molecule has 0 saturated carbocycles. The second-order valence-corrected chi connectivity index (χ2v) is 6.87. The number of halogens is 4. The van der Waals surface area contributed by atoms with E-state index in [4.69, 9.17) is 23.8 Å². The number of aromatic nitrogens is 2. The molecule has 2 N–H and O–H groups in total. The second kappa shape index (κ2) is 9.15. The lowest BCUT2D eigenvalue weighted by atomic mass is 10.2. The number of alkyl halides is 2. The minimum absolute atomic E-state index is 0.0242. The van der Waals surface area contributed by atoms with Crippen LogP contribution in [0.25, 0.3) is 0 Å². The van der Waals surface area contributed by atoms with E-state index in [0.717, 1.165) is 5.56 Å². The lowest BCUT2D eigenvalue weighted by Crippen LogP contribution is -2.20. The largest absolute Gasteiger partial charge is 0.433 e. The third-order valence-electron chi connectivity index (χ3n) is 3.87. The first-order chi connectivity index (χ1) is 13.8. The van der Waals surface area contributed by atoms with E-state index >= 15 is 0 Å². The molecule has 29 heavy (non-hydrogen) atoms. The summed E-state index contributed by atoms with van der Waals surface area (Å²) in [5.74, 6) is -0.0621.